The van der Waals surface area contributed by atoms with Crippen LogP contribution in [-0.2, 0) is 4.79 Å². The van der Waals surface area contributed by atoms with Crippen molar-refractivity contribution in [3.05, 3.63) is 53.6 Å². The standard InChI is InChI=1S/C18H13NO6/c1-10(19-16(20)12-4-2-3-5-13(12)17(19)21)18(22)25-11-6-7-14-15(8-11)24-9-23-14/h2-8,10H,9H2,1H3/t10-/m0/s1. The van der Waals surface area contributed by atoms with Gasteiger partial charge in [0.1, 0.15) is 11.8 Å². The molecule has 0 bridgehead atoms. The molecular weight excluding hydrogens is 326 g/mol. The van der Waals surface area contributed by atoms with E-state index in [2.05, 4.69) is 0 Å². The molecule has 2 aliphatic heterocycles. The first kappa shape index (κ1) is 15.2. The molecule has 7 heteroatoms. The Hall–Kier alpha value is -3.35. The summed E-state index contributed by atoms with van der Waals surface area (Å²) in [4.78, 5) is 38.2. The summed E-state index contributed by atoms with van der Waals surface area (Å²) in [5.74, 6) is -0.440. The topological polar surface area (TPSA) is 82.1 Å². The Labute approximate surface area is 142 Å². The second-order valence-electron chi connectivity index (χ2n) is 5.64. The van der Waals surface area contributed by atoms with E-state index >= 15 is 0 Å². The lowest BCUT2D eigenvalue weighted by molar-refractivity contribution is -0.138. The quantitative estimate of drug-likeness (QED) is 0.483. The predicted molar refractivity (Wildman–Crippen MR) is 84.6 cm³/mol. The number of ether oxygens (including phenoxy) is 3. The monoisotopic (exact) mass is 339 g/mol. The van der Waals surface area contributed by atoms with Crippen LogP contribution in [0.3, 0.4) is 0 Å². The lowest BCUT2D eigenvalue weighted by atomic mass is 10.1. The fourth-order valence-corrected chi connectivity index (χ4v) is 2.81. The van der Waals surface area contributed by atoms with E-state index in [0.717, 1.165) is 4.90 Å². The highest BCUT2D eigenvalue weighted by molar-refractivity contribution is 6.22. The minimum absolute atomic E-state index is 0.109. The molecule has 4 rings (SSSR count). The third-order valence-corrected chi connectivity index (χ3v) is 4.12. The summed E-state index contributed by atoms with van der Waals surface area (Å²) in [7, 11) is 0. The number of carbonyl (C=O) groups is 3. The van der Waals surface area contributed by atoms with Gasteiger partial charge in [-0.3, -0.25) is 14.5 Å². The van der Waals surface area contributed by atoms with Crippen LogP contribution in [0, 0.1) is 0 Å². The van der Waals surface area contributed by atoms with Crippen molar-refractivity contribution in [2.75, 3.05) is 6.79 Å². The number of rotatable bonds is 3. The van der Waals surface area contributed by atoms with E-state index in [1.54, 1.807) is 36.4 Å². The smallest absolute Gasteiger partial charge is 0.334 e. The number of hydrogen-bond donors (Lipinski definition) is 0. The Bertz CT molecular complexity index is 871. The molecule has 7 nitrogen and oxygen atoms in total. The van der Waals surface area contributed by atoms with Gasteiger partial charge in [0.05, 0.1) is 11.1 Å². The van der Waals surface area contributed by atoms with Crippen molar-refractivity contribution < 1.29 is 28.6 Å². The van der Waals surface area contributed by atoms with Crippen LogP contribution in [0.2, 0.25) is 0 Å². The Kier molecular flexibility index (Phi) is 3.42. The molecule has 0 aromatic heterocycles. The SMILES string of the molecule is C[C@@H](C(=O)Oc1ccc2c(c1)OCO2)N1C(=O)c2ccccc2C1=O. The van der Waals surface area contributed by atoms with Gasteiger partial charge in [0.15, 0.2) is 11.5 Å². The van der Waals surface area contributed by atoms with Gasteiger partial charge in [0, 0.05) is 6.07 Å². The second-order valence-corrected chi connectivity index (χ2v) is 5.64. The first-order valence-corrected chi connectivity index (χ1v) is 7.64. The minimum Gasteiger partial charge on any atom is -0.454 e. The van der Waals surface area contributed by atoms with E-state index in [1.807, 2.05) is 0 Å². The molecule has 1 atom stereocenters. The number of amides is 2. The highest BCUT2D eigenvalue weighted by atomic mass is 16.7. The third kappa shape index (κ3) is 2.40. The van der Waals surface area contributed by atoms with Crippen molar-refractivity contribution in [2.24, 2.45) is 0 Å². The molecule has 0 fully saturated rings. The van der Waals surface area contributed by atoms with Crippen molar-refractivity contribution >= 4 is 17.8 Å². The maximum absolute atomic E-state index is 12.4. The molecule has 0 spiro atoms. The largest absolute Gasteiger partial charge is 0.454 e. The van der Waals surface area contributed by atoms with Crippen LogP contribution in [0.1, 0.15) is 27.6 Å². The minimum atomic E-state index is -1.06. The lowest BCUT2D eigenvalue weighted by Crippen LogP contribution is -2.44. The fourth-order valence-electron chi connectivity index (χ4n) is 2.81. The maximum Gasteiger partial charge on any atom is 0.334 e. The molecule has 0 saturated carbocycles. The zero-order chi connectivity index (χ0) is 17.6. The van der Waals surface area contributed by atoms with Gasteiger partial charge in [-0.1, -0.05) is 12.1 Å². The van der Waals surface area contributed by atoms with Crippen LogP contribution in [0.15, 0.2) is 42.5 Å². The molecule has 126 valence electrons. The summed E-state index contributed by atoms with van der Waals surface area (Å²) < 4.78 is 15.7. The number of fused-ring (bicyclic) bond motifs is 2. The van der Waals surface area contributed by atoms with Crippen molar-refractivity contribution in [3.8, 4) is 17.2 Å². The Morgan fingerprint density at radius 1 is 1.04 bits per heavy atom. The van der Waals surface area contributed by atoms with Crippen molar-refractivity contribution in [1.82, 2.24) is 4.90 Å². The summed E-state index contributed by atoms with van der Waals surface area (Å²) in [6, 6.07) is 10.1. The van der Waals surface area contributed by atoms with Gasteiger partial charge in [-0.25, -0.2) is 4.79 Å². The summed E-state index contributed by atoms with van der Waals surface area (Å²) in [5.41, 5.74) is 0.574. The molecule has 2 heterocycles. The number of hydrogen-bond acceptors (Lipinski definition) is 6. The molecule has 0 N–H and O–H groups in total. The van der Waals surface area contributed by atoms with Gasteiger partial charge in [0.25, 0.3) is 11.8 Å². The Morgan fingerprint density at radius 3 is 2.36 bits per heavy atom. The molecule has 2 aromatic carbocycles. The number of esters is 1. The van der Waals surface area contributed by atoms with Crippen LogP contribution in [-0.4, -0.2) is 35.5 Å². The number of nitrogens with zero attached hydrogens (tertiary/aromatic N) is 1. The summed E-state index contributed by atoms with van der Waals surface area (Å²) in [5, 5.41) is 0. The number of benzene rings is 2. The zero-order valence-corrected chi connectivity index (χ0v) is 13.2. The first-order valence-electron chi connectivity index (χ1n) is 7.64. The third-order valence-electron chi connectivity index (χ3n) is 4.12. The first-order chi connectivity index (χ1) is 12.1. The summed E-state index contributed by atoms with van der Waals surface area (Å²) in [6.07, 6.45) is 0. The van der Waals surface area contributed by atoms with E-state index < -0.39 is 23.8 Å². The molecule has 2 aliphatic rings. The van der Waals surface area contributed by atoms with Gasteiger partial charge >= 0.3 is 5.97 Å². The lowest BCUT2D eigenvalue weighted by Gasteiger charge is -2.20. The van der Waals surface area contributed by atoms with Gasteiger partial charge in [-0.2, -0.15) is 0 Å². The highest BCUT2D eigenvalue weighted by Gasteiger charge is 2.41. The van der Waals surface area contributed by atoms with Gasteiger partial charge < -0.3 is 14.2 Å². The van der Waals surface area contributed by atoms with Crippen LogP contribution in [0.25, 0.3) is 0 Å². The van der Waals surface area contributed by atoms with E-state index in [1.165, 1.54) is 13.0 Å². The molecular formula is C18H13NO6. The molecule has 0 aliphatic carbocycles. The van der Waals surface area contributed by atoms with Crippen molar-refractivity contribution in [1.29, 1.82) is 0 Å². The summed E-state index contributed by atoms with van der Waals surface area (Å²) in [6.45, 7) is 1.56. The normalized spacial score (nSPS) is 16.0. The van der Waals surface area contributed by atoms with Gasteiger partial charge in [0.2, 0.25) is 6.79 Å². The van der Waals surface area contributed by atoms with E-state index in [0.29, 0.717) is 11.5 Å². The average molecular weight is 339 g/mol. The van der Waals surface area contributed by atoms with Crippen LogP contribution >= 0.6 is 0 Å². The Balaban J connectivity index is 1.53. The van der Waals surface area contributed by atoms with E-state index in [4.69, 9.17) is 14.2 Å². The van der Waals surface area contributed by atoms with E-state index in [9.17, 15) is 14.4 Å². The molecule has 2 aromatic rings. The number of carbonyl (C=O) groups excluding carboxylic acids is 3. The molecule has 0 saturated heterocycles. The van der Waals surface area contributed by atoms with Crippen molar-refractivity contribution in [3.63, 3.8) is 0 Å². The predicted octanol–water partition coefficient (Wildman–Crippen LogP) is 2.01. The Morgan fingerprint density at radius 2 is 1.68 bits per heavy atom. The average Bonchev–Trinajstić information content (AvgIpc) is 3.18. The van der Waals surface area contributed by atoms with Crippen molar-refractivity contribution in [2.45, 2.75) is 13.0 Å². The van der Waals surface area contributed by atoms with Crippen LogP contribution in [0.4, 0.5) is 0 Å². The molecule has 0 unspecified atom stereocenters. The number of imide groups is 1. The van der Waals surface area contributed by atoms with Crippen LogP contribution in [0.5, 0.6) is 17.2 Å². The maximum atomic E-state index is 12.4. The summed E-state index contributed by atoms with van der Waals surface area (Å²) >= 11 is 0. The van der Waals surface area contributed by atoms with Gasteiger partial charge in [-0.15, -0.1) is 0 Å². The fraction of sp³-hybridized carbons (Fsp3) is 0.167. The molecule has 25 heavy (non-hydrogen) atoms. The molecule has 0 radical (unpaired) electrons. The van der Waals surface area contributed by atoms with E-state index in [-0.39, 0.29) is 23.7 Å². The second kappa shape index (κ2) is 5.62. The molecule has 2 amide bonds. The highest BCUT2D eigenvalue weighted by Crippen LogP contribution is 2.35. The van der Waals surface area contributed by atoms with Crippen LogP contribution < -0.4 is 14.2 Å². The zero-order valence-electron chi connectivity index (χ0n) is 13.2. The van der Waals surface area contributed by atoms with Gasteiger partial charge in [-0.05, 0) is 31.2 Å².